The molecule has 4 aromatic rings. The van der Waals surface area contributed by atoms with Crippen LogP contribution < -0.4 is 4.74 Å². The summed E-state index contributed by atoms with van der Waals surface area (Å²) in [5, 5.41) is 11.8. The van der Waals surface area contributed by atoms with Gasteiger partial charge in [0.15, 0.2) is 0 Å². The van der Waals surface area contributed by atoms with Crippen molar-refractivity contribution >= 4 is 10.9 Å². The predicted molar refractivity (Wildman–Crippen MR) is 155 cm³/mol. The second-order valence-corrected chi connectivity index (χ2v) is 10.3. The zero-order valence-electron chi connectivity index (χ0n) is 22.4. The summed E-state index contributed by atoms with van der Waals surface area (Å²) in [5.74, 6) is 0.787. The highest BCUT2D eigenvalue weighted by Crippen LogP contribution is 2.29. The maximum atomic E-state index is 10.8. The Morgan fingerprint density at radius 1 is 0.816 bits per heavy atom. The van der Waals surface area contributed by atoms with Crippen molar-refractivity contribution < 1.29 is 9.84 Å². The number of fused-ring (bicyclic) bond motifs is 1. The van der Waals surface area contributed by atoms with Crippen LogP contribution in [0, 0.1) is 0 Å². The molecule has 1 aliphatic rings. The summed E-state index contributed by atoms with van der Waals surface area (Å²) in [6.07, 6.45) is 2.76. The monoisotopic (exact) mass is 509 g/mol. The molecule has 2 heterocycles. The predicted octanol–water partition coefficient (Wildman–Crippen LogP) is 5.72. The summed E-state index contributed by atoms with van der Waals surface area (Å²) in [7, 11) is 0. The van der Waals surface area contributed by atoms with E-state index in [4.69, 9.17) is 9.72 Å². The molecular formula is C33H39N3O2. The largest absolute Gasteiger partial charge is 0.490 e. The molecule has 0 spiro atoms. The van der Waals surface area contributed by atoms with Crippen LogP contribution in [0.25, 0.3) is 10.9 Å². The second kappa shape index (κ2) is 13.0. The van der Waals surface area contributed by atoms with E-state index in [-0.39, 0.29) is 12.6 Å². The van der Waals surface area contributed by atoms with Gasteiger partial charge in [0.25, 0.3) is 0 Å². The first-order valence-electron chi connectivity index (χ1n) is 14.0. The molecule has 1 aliphatic heterocycles. The van der Waals surface area contributed by atoms with Gasteiger partial charge in [0.05, 0.1) is 11.6 Å². The fourth-order valence-electron chi connectivity index (χ4n) is 5.42. The normalized spacial score (nSPS) is 15.7. The van der Waals surface area contributed by atoms with E-state index in [9.17, 15) is 5.11 Å². The number of hydrogen-bond acceptors (Lipinski definition) is 5. The number of aryl methyl sites for hydroxylation is 1. The van der Waals surface area contributed by atoms with Crippen molar-refractivity contribution in [1.82, 2.24) is 14.8 Å². The number of aliphatic hydroxyl groups is 1. The zero-order chi connectivity index (χ0) is 26.2. The maximum Gasteiger partial charge on any atom is 0.128 e. The molecule has 0 radical (unpaired) electrons. The van der Waals surface area contributed by atoms with Gasteiger partial charge in [-0.15, -0.1) is 0 Å². The summed E-state index contributed by atoms with van der Waals surface area (Å²) in [6.45, 7) is 6.84. The minimum absolute atomic E-state index is 0.246. The molecule has 198 valence electrons. The Balaban J connectivity index is 1.16. The molecule has 1 unspecified atom stereocenters. The molecule has 5 heteroatoms. The lowest BCUT2D eigenvalue weighted by Crippen LogP contribution is -2.50. The van der Waals surface area contributed by atoms with Crippen molar-refractivity contribution in [3.63, 3.8) is 0 Å². The molecule has 1 N–H and O–H groups in total. The topological polar surface area (TPSA) is 48.8 Å². The lowest BCUT2D eigenvalue weighted by atomic mass is 9.96. The van der Waals surface area contributed by atoms with Gasteiger partial charge in [-0.2, -0.15) is 0 Å². The van der Waals surface area contributed by atoms with Gasteiger partial charge in [0.1, 0.15) is 18.5 Å². The zero-order valence-corrected chi connectivity index (χ0v) is 22.4. The number of rotatable bonds is 11. The molecule has 0 saturated carbocycles. The molecule has 1 fully saturated rings. The van der Waals surface area contributed by atoms with E-state index in [1.165, 1.54) is 11.1 Å². The first-order chi connectivity index (χ1) is 18.7. The van der Waals surface area contributed by atoms with Gasteiger partial charge in [-0.1, -0.05) is 80.1 Å². The van der Waals surface area contributed by atoms with Gasteiger partial charge in [-0.25, -0.2) is 0 Å². The Hall–Kier alpha value is -3.25. The highest BCUT2D eigenvalue weighted by molar-refractivity contribution is 5.85. The van der Waals surface area contributed by atoms with Gasteiger partial charge >= 0.3 is 0 Å². The van der Waals surface area contributed by atoms with E-state index in [0.717, 1.165) is 67.8 Å². The molecule has 1 aromatic heterocycles. The Bertz CT molecular complexity index is 1230. The fourth-order valence-corrected chi connectivity index (χ4v) is 5.42. The molecule has 1 saturated heterocycles. The maximum absolute atomic E-state index is 10.8. The summed E-state index contributed by atoms with van der Waals surface area (Å²) in [5.41, 5.74) is 4.72. The Morgan fingerprint density at radius 2 is 1.50 bits per heavy atom. The number of nitrogens with zero attached hydrogens (tertiary/aromatic N) is 3. The highest BCUT2D eigenvalue weighted by atomic mass is 16.5. The fraction of sp³-hybridized carbons (Fsp3) is 0.364. The van der Waals surface area contributed by atoms with Gasteiger partial charge in [-0.3, -0.25) is 14.8 Å². The third-order valence-corrected chi connectivity index (χ3v) is 7.44. The number of aromatic nitrogens is 1. The van der Waals surface area contributed by atoms with Crippen molar-refractivity contribution in [3.05, 3.63) is 108 Å². The van der Waals surface area contributed by atoms with Crippen LogP contribution in [0.5, 0.6) is 5.75 Å². The van der Waals surface area contributed by atoms with Gasteiger partial charge in [-0.05, 0) is 48.2 Å². The number of pyridine rings is 1. The first kappa shape index (κ1) is 26.4. The van der Waals surface area contributed by atoms with Crippen LogP contribution in [0.2, 0.25) is 0 Å². The third-order valence-electron chi connectivity index (χ3n) is 7.44. The molecular weight excluding hydrogens is 470 g/mol. The van der Waals surface area contributed by atoms with Crippen molar-refractivity contribution in [2.75, 3.05) is 39.3 Å². The number of benzene rings is 3. The standard InChI is InChI=1S/C33H39N3O2/c1-2-3-15-28-18-19-30-31(34-28)16-10-17-32(30)38-25-29(37)24-35-20-22-36(23-21-35)33(26-11-6-4-7-12-26)27-13-8-5-9-14-27/h4-14,16-19,29,33,37H,2-3,15,20-25H2,1H3. The summed E-state index contributed by atoms with van der Waals surface area (Å²) < 4.78 is 6.09. The van der Waals surface area contributed by atoms with E-state index >= 15 is 0 Å². The molecule has 5 rings (SSSR count). The quantitative estimate of drug-likeness (QED) is 0.280. The molecule has 5 nitrogen and oxygen atoms in total. The van der Waals surface area contributed by atoms with Gasteiger partial charge in [0.2, 0.25) is 0 Å². The van der Waals surface area contributed by atoms with Gasteiger partial charge < -0.3 is 9.84 Å². The van der Waals surface area contributed by atoms with Crippen LogP contribution in [0.3, 0.4) is 0 Å². The number of aliphatic hydroxyl groups excluding tert-OH is 1. The number of ether oxygens (including phenoxy) is 1. The minimum atomic E-state index is -0.548. The number of β-amino-alcohol motifs (C(OH)–C–C–N with tert-alkyl or cyclic N) is 1. The SMILES string of the molecule is CCCCc1ccc2c(OCC(O)CN3CCN(C(c4ccccc4)c4ccccc4)CC3)cccc2n1. The van der Waals surface area contributed by atoms with Crippen molar-refractivity contribution in [1.29, 1.82) is 0 Å². The highest BCUT2D eigenvalue weighted by Gasteiger charge is 2.27. The third kappa shape index (κ3) is 6.60. The van der Waals surface area contributed by atoms with E-state index in [0.29, 0.717) is 6.54 Å². The summed E-state index contributed by atoms with van der Waals surface area (Å²) in [6, 6.07) is 31.9. The van der Waals surface area contributed by atoms with Crippen LogP contribution in [0.15, 0.2) is 91.0 Å². The van der Waals surface area contributed by atoms with Crippen LogP contribution in [0.1, 0.15) is 42.6 Å². The van der Waals surface area contributed by atoms with Gasteiger partial charge in [0, 0.05) is 43.8 Å². The number of hydrogen-bond donors (Lipinski definition) is 1. The molecule has 3 aromatic carbocycles. The van der Waals surface area contributed by atoms with Crippen LogP contribution in [-0.2, 0) is 6.42 Å². The number of piperazine rings is 1. The van der Waals surface area contributed by atoms with Crippen LogP contribution in [-0.4, -0.2) is 65.3 Å². The Labute approximate surface area is 226 Å². The average molecular weight is 510 g/mol. The first-order valence-corrected chi connectivity index (χ1v) is 14.0. The van der Waals surface area contributed by atoms with E-state index in [1.54, 1.807) is 0 Å². The lowest BCUT2D eigenvalue weighted by molar-refractivity contribution is 0.0404. The minimum Gasteiger partial charge on any atom is -0.490 e. The summed E-state index contributed by atoms with van der Waals surface area (Å²) >= 11 is 0. The molecule has 1 atom stereocenters. The van der Waals surface area contributed by atoms with Crippen molar-refractivity contribution in [3.8, 4) is 5.75 Å². The number of unbranched alkanes of at least 4 members (excludes halogenated alkanes) is 1. The smallest absolute Gasteiger partial charge is 0.128 e. The van der Waals surface area contributed by atoms with E-state index < -0.39 is 6.10 Å². The molecule has 0 bridgehead atoms. The Kier molecular flexibility index (Phi) is 9.02. The lowest BCUT2D eigenvalue weighted by Gasteiger charge is -2.40. The van der Waals surface area contributed by atoms with Crippen molar-refractivity contribution in [2.45, 2.75) is 38.3 Å². The molecule has 0 amide bonds. The van der Waals surface area contributed by atoms with E-state index in [2.05, 4.69) is 89.5 Å². The molecule has 38 heavy (non-hydrogen) atoms. The van der Waals surface area contributed by atoms with E-state index in [1.807, 2.05) is 18.2 Å². The van der Waals surface area contributed by atoms with Crippen LogP contribution >= 0.6 is 0 Å². The van der Waals surface area contributed by atoms with Crippen LogP contribution in [0.4, 0.5) is 0 Å². The van der Waals surface area contributed by atoms with Crippen molar-refractivity contribution in [2.24, 2.45) is 0 Å². The average Bonchev–Trinajstić information content (AvgIpc) is 2.97. The molecule has 0 aliphatic carbocycles. The summed E-state index contributed by atoms with van der Waals surface area (Å²) in [4.78, 5) is 9.71. The Morgan fingerprint density at radius 3 is 2.16 bits per heavy atom. The second-order valence-electron chi connectivity index (χ2n) is 10.3.